The first kappa shape index (κ1) is 35.4. The number of fused-ring (bicyclic) bond motifs is 1. The van der Waals surface area contributed by atoms with Gasteiger partial charge in [-0.3, -0.25) is 14.2 Å². The number of sulfonamides is 2. The number of rotatable bonds is 10. The van der Waals surface area contributed by atoms with E-state index < -0.39 is 43.2 Å². The summed E-state index contributed by atoms with van der Waals surface area (Å²) < 4.78 is 99.7. The van der Waals surface area contributed by atoms with Crippen LogP contribution in [-0.4, -0.2) is 80.7 Å². The van der Waals surface area contributed by atoms with Gasteiger partial charge in [-0.05, 0) is 75.5 Å². The lowest BCUT2D eigenvalue weighted by Crippen LogP contribution is -2.44. The highest BCUT2D eigenvalue weighted by Gasteiger charge is 2.44. The van der Waals surface area contributed by atoms with Crippen molar-refractivity contribution >= 4 is 31.6 Å². The molecule has 4 heterocycles. The van der Waals surface area contributed by atoms with E-state index in [0.29, 0.717) is 29.8 Å². The Bertz CT molecular complexity index is 1940. The number of halogens is 3. The molecular weight excluding hydrogens is 682 g/mol. The van der Waals surface area contributed by atoms with Gasteiger partial charge in [-0.25, -0.2) is 16.8 Å². The Morgan fingerprint density at radius 1 is 1.00 bits per heavy atom. The zero-order valence-corrected chi connectivity index (χ0v) is 29.1. The van der Waals surface area contributed by atoms with E-state index in [2.05, 4.69) is 14.9 Å². The van der Waals surface area contributed by atoms with Gasteiger partial charge >= 0.3 is 6.18 Å². The van der Waals surface area contributed by atoms with Crippen molar-refractivity contribution in [1.82, 2.24) is 24.3 Å². The second-order valence-corrected chi connectivity index (χ2v) is 17.1. The highest BCUT2D eigenvalue weighted by molar-refractivity contribution is 7.91. The van der Waals surface area contributed by atoms with E-state index >= 15 is 0 Å². The third kappa shape index (κ3) is 7.66. The highest BCUT2D eigenvalue weighted by atomic mass is 32.2. The number of amides is 1. The number of alkyl halides is 3. The summed E-state index contributed by atoms with van der Waals surface area (Å²) in [5.41, 5.74) is 0.208. The van der Waals surface area contributed by atoms with Gasteiger partial charge < -0.3 is 10.2 Å². The van der Waals surface area contributed by atoms with Gasteiger partial charge in [0.25, 0.3) is 0 Å². The zero-order valence-electron chi connectivity index (χ0n) is 27.5. The molecule has 6 rings (SSSR count). The number of likely N-dealkylation sites (tertiary alicyclic amines) is 1. The van der Waals surface area contributed by atoms with Crippen molar-refractivity contribution in [1.29, 1.82) is 0 Å². The molecule has 2 fully saturated rings. The highest BCUT2D eigenvalue weighted by Crippen LogP contribution is 2.42. The second kappa shape index (κ2) is 13.3. The van der Waals surface area contributed by atoms with Crippen LogP contribution in [-0.2, 0) is 56.3 Å². The number of nitrogens with zero attached hydrogens (tertiary/aromatic N) is 4. The average molecular weight is 723 g/mol. The largest absolute Gasteiger partial charge is 0.418 e. The number of piperidine rings is 1. The van der Waals surface area contributed by atoms with Gasteiger partial charge in [-0.2, -0.15) is 22.6 Å². The van der Waals surface area contributed by atoms with Gasteiger partial charge in [0.15, 0.2) is 0 Å². The van der Waals surface area contributed by atoms with Crippen molar-refractivity contribution < 1.29 is 34.8 Å². The quantitative estimate of drug-likeness (QED) is 0.322. The van der Waals surface area contributed by atoms with Crippen molar-refractivity contribution in [3.63, 3.8) is 0 Å². The molecule has 0 atom stereocenters. The van der Waals surface area contributed by atoms with Crippen LogP contribution in [0.2, 0.25) is 0 Å². The van der Waals surface area contributed by atoms with Crippen LogP contribution in [0.3, 0.4) is 0 Å². The lowest BCUT2D eigenvalue weighted by molar-refractivity contribution is -0.137. The number of nitrogens with one attached hydrogen (secondary N) is 2. The maximum Gasteiger partial charge on any atom is 0.418 e. The molecule has 3 aliphatic rings. The number of benzene rings is 2. The molecule has 11 nitrogen and oxygen atoms in total. The third-order valence-corrected chi connectivity index (χ3v) is 12.4. The molecule has 0 radical (unpaired) electrons. The van der Waals surface area contributed by atoms with Crippen LogP contribution in [0.5, 0.6) is 0 Å². The maximum atomic E-state index is 14.4. The second-order valence-electron chi connectivity index (χ2n) is 13.4. The van der Waals surface area contributed by atoms with Crippen LogP contribution in [0.4, 0.5) is 18.9 Å². The van der Waals surface area contributed by atoms with Crippen LogP contribution < -0.4 is 10.0 Å². The van der Waals surface area contributed by atoms with Crippen LogP contribution >= 0.6 is 0 Å². The van der Waals surface area contributed by atoms with E-state index in [0.717, 1.165) is 69.9 Å². The predicted octanol–water partition coefficient (Wildman–Crippen LogP) is 4.13. The minimum atomic E-state index is -4.85. The van der Waals surface area contributed by atoms with Crippen LogP contribution in [0.1, 0.15) is 53.6 Å². The summed E-state index contributed by atoms with van der Waals surface area (Å²) in [5, 5.41) is 7.79. The summed E-state index contributed by atoms with van der Waals surface area (Å²) in [7, 11) is -7.83. The SMILES string of the molecule is Cc1cc(-c2nn(CCCN3CCC4(CCNC4=O)CC3)c3c2CN(S(C)(=O)=O)CC3)cc(NS(=O)(=O)Cc2ccccc2)c1C(F)(F)F. The molecule has 49 heavy (non-hydrogen) atoms. The fourth-order valence-corrected chi connectivity index (χ4v) is 9.37. The van der Waals surface area contributed by atoms with Gasteiger partial charge in [0, 0.05) is 49.4 Å². The van der Waals surface area contributed by atoms with Gasteiger partial charge in [-0.1, -0.05) is 30.3 Å². The monoisotopic (exact) mass is 722 g/mol. The lowest BCUT2D eigenvalue weighted by atomic mass is 9.77. The number of carbonyl (C=O) groups is 1. The van der Waals surface area contributed by atoms with Gasteiger partial charge in [0.2, 0.25) is 26.0 Å². The molecular formula is C33H41F3N6O5S2. The first-order chi connectivity index (χ1) is 23.0. The molecule has 0 unspecified atom stereocenters. The van der Waals surface area contributed by atoms with Crippen molar-refractivity contribution in [2.75, 3.05) is 43.7 Å². The van der Waals surface area contributed by atoms with Crippen LogP contribution in [0, 0.1) is 12.3 Å². The van der Waals surface area contributed by atoms with E-state index in [4.69, 9.17) is 5.10 Å². The third-order valence-electron chi connectivity index (χ3n) is 9.95. The predicted molar refractivity (Wildman–Crippen MR) is 179 cm³/mol. The molecule has 1 amide bonds. The molecule has 266 valence electrons. The Morgan fingerprint density at radius 3 is 2.35 bits per heavy atom. The fourth-order valence-electron chi connectivity index (χ4n) is 7.39. The molecule has 3 aromatic rings. The summed E-state index contributed by atoms with van der Waals surface area (Å²) in [4.78, 5) is 14.7. The number of anilines is 1. The molecule has 1 aromatic heterocycles. The summed E-state index contributed by atoms with van der Waals surface area (Å²) in [6.45, 7) is 5.12. The number of aryl methyl sites for hydroxylation is 2. The summed E-state index contributed by atoms with van der Waals surface area (Å²) in [6, 6.07) is 10.6. The zero-order chi connectivity index (χ0) is 35.2. The lowest BCUT2D eigenvalue weighted by Gasteiger charge is -2.37. The molecule has 2 aromatic carbocycles. The molecule has 1 spiro atoms. The molecule has 2 saturated heterocycles. The van der Waals surface area contributed by atoms with Gasteiger partial charge in [0.05, 0.1) is 34.4 Å². The minimum absolute atomic E-state index is 0.00505. The first-order valence-electron chi connectivity index (χ1n) is 16.4. The van der Waals surface area contributed by atoms with Crippen molar-refractivity contribution in [3.05, 3.63) is 70.4 Å². The molecule has 3 aliphatic heterocycles. The van der Waals surface area contributed by atoms with Crippen molar-refractivity contribution in [2.45, 2.75) is 64.0 Å². The van der Waals surface area contributed by atoms with Crippen molar-refractivity contribution in [3.8, 4) is 11.3 Å². The summed E-state index contributed by atoms with van der Waals surface area (Å²) >= 11 is 0. The average Bonchev–Trinajstić information content (AvgIpc) is 3.56. The van der Waals surface area contributed by atoms with E-state index in [1.165, 1.54) is 17.3 Å². The molecule has 0 aliphatic carbocycles. The standard InChI is InChI=1S/C33H41F3N6O5S2/c1-23-19-25(20-27(29(23)33(34,35)36)39-49(46,47)22-24-7-4-3-5-8-24)30-26-21-41(48(2,44)45)16-9-28(26)42(38-30)15-6-14-40-17-11-32(12-18-40)10-13-37-31(32)43/h3-5,7-8,19-20,39H,6,9-18,21-22H2,1-2H3,(H,37,43). The Kier molecular flexibility index (Phi) is 9.63. The molecule has 0 bridgehead atoms. The Hall–Kier alpha value is -3.47. The number of hydrogen-bond acceptors (Lipinski definition) is 7. The van der Waals surface area contributed by atoms with E-state index in [1.54, 1.807) is 30.3 Å². The topological polar surface area (TPSA) is 134 Å². The fraction of sp³-hybridized carbons (Fsp3) is 0.515. The Morgan fingerprint density at radius 2 is 1.71 bits per heavy atom. The van der Waals surface area contributed by atoms with Crippen molar-refractivity contribution in [2.24, 2.45) is 5.41 Å². The number of hydrogen-bond donors (Lipinski definition) is 2. The first-order valence-corrected chi connectivity index (χ1v) is 19.9. The number of aromatic nitrogens is 2. The van der Waals surface area contributed by atoms with E-state index in [1.807, 2.05) is 4.68 Å². The number of carbonyl (C=O) groups excluding carboxylic acids is 1. The normalized spacial score (nSPS) is 18.8. The van der Waals surface area contributed by atoms with E-state index in [-0.39, 0.29) is 35.5 Å². The van der Waals surface area contributed by atoms with E-state index in [9.17, 15) is 34.8 Å². The Balaban J connectivity index is 1.29. The van der Waals surface area contributed by atoms with Crippen LogP contribution in [0.25, 0.3) is 11.3 Å². The maximum absolute atomic E-state index is 14.4. The summed E-state index contributed by atoms with van der Waals surface area (Å²) in [5.74, 6) is -0.371. The van der Waals surface area contributed by atoms with Gasteiger partial charge in [-0.15, -0.1) is 0 Å². The molecule has 0 saturated carbocycles. The van der Waals surface area contributed by atoms with Crippen LogP contribution in [0.15, 0.2) is 42.5 Å². The smallest absolute Gasteiger partial charge is 0.356 e. The summed E-state index contributed by atoms with van der Waals surface area (Å²) in [6.07, 6.45) is -0.160. The van der Waals surface area contributed by atoms with Gasteiger partial charge in [0.1, 0.15) is 0 Å². The minimum Gasteiger partial charge on any atom is -0.356 e. The molecule has 16 heteroatoms. The molecule has 2 N–H and O–H groups in total. The Labute approximate surface area is 285 Å².